The molecule has 0 unspecified atom stereocenters. The molecule has 5 rings (SSSR count). The van der Waals surface area contributed by atoms with Crippen LogP contribution in [0.25, 0.3) is 16.7 Å². The van der Waals surface area contributed by atoms with Gasteiger partial charge in [0.1, 0.15) is 17.6 Å². The number of hydrogen-bond acceptors (Lipinski definition) is 6. The minimum atomic E-state index is -0.439. The number of pyridine rings is 1. The number of nitro benzene ring substituents is 1. The van der Waals surface area contributed by atoms with Crippen LogP contribution in [0.5, 0.6) is 5.75 Å². The first-order chi connectivity index (χ1) is 17.4. The second kappa shape index (κ2) is 9.04. The van der Waals surface area contributed by atoms with Gasteiger partial charge in [-0.05, 0) is 48.7 Å². The smallest absolute Gasteiger partial charge is 0.271 e. The van der Waals surface area contributed by atoms with Gasteiger partial charge in [-0.3, -0.25) is 14.5 Å². The molecule has 0 radical (unpaired) electrons. The highest BCUT2D eigenvalue weighted by molar-refractivity contribution is 5.87. The maximum atomic E-state index is 11.5. The van der Waals surface area contributed by atoms with Crippen molar-refractivity contribution in [3.05, 3.63) is 105 Å². The molecule has 0 aliphatic carbocycles. The maximum Gasteiger partial charge on any atom is 0.271 e. The number of para-hydroxylation sites is 2. The second-order valence-corrected chi connectivity index (χ2v) is 8.57. The Kier molecular flexibility index (Phi) is 5.74. The van der Waals surface area contributed by atoms with E-state index >= 15 is 0 Å². The lowest BCUT2D eigenvalue weighted by Crippen LogP contribution is -2.10. The van der Waals surface area contributed by atoms with Crippen molar-refractivity contribution in [2.75, 3.05) is 12.4 Å². The number of nitrogens with zero attached hydrogens (tertiary/aromatic N) is 4. The Morgan fingerprint density at radius 1 is 1.11 bits per heavy atom. The van der Waals surface area contributed by atoms with E-state index < -0.39 is 4.92 Å². The molecule has 5 aromatic rings. The number of methoxy groups -OCH3 is 1. The number of nitriles is 1. The van der Waals surface area contributed by atoms with E-state index in [0.29, 0.717) is 34.9 Å². The van der Waals surface area contributed by atoms with Gasteiger partial charge in [0.15, 0.2) is 5.65 Å². The molecule has 2 aromatic heterocycles. The van der Waals surface area contributed by atoms with Crippen LogP contribution in [-0.2, 0) is 6.42 Å². The molecule has 2 heterocycles. The monoisotopic (exact) mass is 477 g/mol. The van der Waals surface area contributed by atoms with Crippen molar-refractivity contribution in [2.45, 2.75) is 20.3 Å². The Bertz CT molecular complexity index is 1700. The highest BCUT2D eigenvalue weighted by atomic mass is 16.6. The first-order valence-corrected chi connectivity index (χ1v) is 11.4. The molecule has 0 bridgehead atoms. The SMILES string of the molecule is COc1ccc([N+](=O)[O-])cc1Nc1c(Cc2ccccc2C)c(C)c(C#N)c2nc3ccccc3n12. The molecule has 0 aliphatic rings. The average Bonchev–Trinajstić information content (AvgIpc) is 3.26. The summed E-state index contributed by atoms with van der Waals surface area (Å²) in [5.41, 5.74) is 6.91. The number of rotatable bonds is 6. The molecule has 1 N–H and O–H groups in total. The van der Waals surface area contributed by atoms with Crippen molar-refractivity contribution < 1.29 is 9.66 Å². The Morgan fingerprint density at radius 2 is 1.86 bits per heavy atom. The van der Waals surface area contributed by atoms with Gasteiger partial charge in [-0.15, -0.1) is 0 Å². The summed E-state index contributed by atoms with van der Waals surface area (Å²) in [6.45, 7) is 3.97. The zero-order valence-corrected chi connectivity index (χ0v) is 20.1. The molecular formula is C28H23N5O3. The van der Waals surface area contributed by atoms with Crippen molar-refractivity contribution >= 4 is 33.9 Å². The molecule has 0 aliphatic heterocycles. The van der Waals surface area contributed by atoms with Gasteiger partial charge in [0.2, 0.25) is 0 Å². The molecule has 36 heavy (non-hydrogen) atoms. The van der Waals surface area contributed by atoms with Crippen molar-refractivity contribution in [1.82, 2.24) is 9.38 Å². The second-order valence-electron chi connectivity index (χ2n) is 8.57. The molecule has 0 amide bonds. The molecule has 3 aromatic carbocycles. The Labute approximate surface area is 207 Å². The van der Waals surface area contributed by atoms with E-state index in [9.17, 15) is 15.4 Å². The standard InChI is InChI=1S/C28H23N5O3/c1-17-8-4-5-9-19(17)14-21-18(2)22(16-29)28-30-23-10-6-7-11-25(23)32(28)27(21)31-24-15-20(33(34)35)12-13-26(24)36-3/h4-13,15,31H,14H2,1-3H3. The number of benzene rings is 3. The Balaban J connectivity index is 1.86. The average molecular weight is 478 g/mol. The minimum absolute atomic E-state index is 0.0594. The number of aryl methyl sites for hydroxylation is 1. The highest BCUT2D eigenvalue weighted by Gasteiger charge is 2.23. The van der Waals surface area contributed by atoms with Crippen LogP contribution in [0.15, 0.2) is 66.7 Å². The summed E-state index contributed by atoms with van der Waals surface area (Å²) < 4.78 is 7.45. The van der Waals surface area contributed by atoms with Crippen LogP contribution in [0.2, 0.25) is 0 Å². The van der Waals surface area contributed by atoms with Crippen LogP contribution in [0.4, 0.5) is 17.2 Å². The fourth-order valence-corrected chi connectivity index (χ4v) is 4.57. The van der Waals surface area contributed by atoms with Crippen LogP contribution in [-0.4, -0.2) is 21.4 Å². The summed E-state index contributed by atoms with van der Waals surface area (Å²) in [5, 5.41) is 25.1. The van der Waals surface area contributed by atoms with Crippen LogP contribution in [0.1, 0.15) is 27.8 Å². The van der Waals surface area contributed by atoms with E-state index in [-0.39, 0.29) is 5.69 Å². The first kappa shape index (κ1) is 22.9. The van der Waals surface area contributed by atoms with Crippen molar-refractivity contribution in [3.8, 4) is 11.8 Å². The lowest BCUT2D eigenvalue weighted by atomic mass is 9.95. The zero-order chi connectivity index (χ0) is 25.4. The van der Waals surface area contributed by atoms with Gasteiger partial charge >= 0.3 is 0 Å². The predicted molar refractivity (Wildman–Crippen MR) is 139 cm³/mol. The minimum Gasteiger partial charge on any atom is -0.495 e. The number of ether oxygens (including phenoxy) is 1. The number of anilines is 2. The topological polar surface area (TPSA) is 105 Å². The quantitative estimate of drug-likeness (QED) is 0.230. The fourth-order valence-electron chi connectivity index (χ4n) is 4.57. The number of nitro groups is 1. The molecule has 178 valence electrons. The molecule has 0 saturated heterocycles. The molecule has 0 spiro atoms. The lowest BCUT2D eigenvalue weighted by Gasteiger charge is -2.20. The van der Waals surface area contributed by atoms with E-state index in [0.717, 1.165) is 33.3 Å². The number of nitrogens with one attached hydrogen (secondary N) is 1. The van der Waals surface area contributed by atoms with Crippen LogP contribution in [0.3, 0.4) is 0 Å². The molecule has 8 heteroatoms. The Hall–Kier alpha value is -4.90. The molecule has 8 nitrogen and oxygen atoms in total. The van der Waals surface area contributed by atoms with Gasteiger partial charge < -0.3 is 10.1 Å². The summed E-state index contributed by atoms with van der Waals surface area (Å²) in [6, 6.07) is 22.5. The summed E-state index contributed by atoms with van der Waals surface area (Å²) in [4.78, 5) is 15.8. The van der Waals surface area contributed by atoms with Crippen LogP contribution in [0, 0.1) is 35.3 Å². The Morgan fingerprint density at radius 3 is 2.58 bits per heavy atom. The van der Waals surface area contributed by atoms with E-state index in [1.54, 1.807) is 6.07 Å². The van der Waals surface area contributed by atoms with Crippen molar-refractivity contribution in [2.24, 2.45) is 0 Å². The van der Waals surface area contributed by atoms with E-state index in [4.69, 9.17) is 9.72 Å². The first-order valence-electron chi connectivity index (χ1n) is 11.4. The van der Waals surface area contributed by atoms with Gasteiger partial charge in [-0.2, -0.15) is 5.26 Å². The predicted octanol–water partition coefficient (Wildman–Crippen LogP) is 6.23. The van der Waals surface area contributed by atoms with Crippen LogP contribution >= 0.6 is 0 Å². The molecular weight excluding hydrogens is 454 g/mol. The van der Waals surface area contributed by atoms with Gasteiger partial charge in [-0.25, -0.2) is 4.98 Å². The normalized spacial score (nSPS) is 10.9. The zero-order valence-electron chi connectivity index (χ0n) is 20.1. The number of imidazole rings is 1. The van der Waals surface area contributed by atoms with Crippen molar-refractivity contribution in [1.29, 1.82) is 5.26 Å². The van der Waals surface area contributed by atoms with Crippen LogP contribution < -0.4 is 10.1 Å². The third-order valence-corrected chi connectivity index (χ3v) is 6.51. The van der Waals surface area contributed by atoms with Crippen molar-refractivity contribution in [3.63, 3.8) is 0 Å². The number of non-ortho nitro benzene ring substituents is 1. The van der Waals surface area contributed by atoms with Gasteiger partial charge in [0.05, 0.1) is 34.3 Å². The third kappa shape index (κ3) is 3.77. The number of hydrogen-bond donors (Lipinski definition) is 1. The van der Waals surface area contributed by atoms with E-state index in [1.807, 2.05) is 47.7 Å². The number of fused-ring (bicyclic) bond motifs is 3. The third-order valence-electron chi connectivity index (χ3n) is 6.51. The summed E-state index contributed by atoms with van der Waals surface area (Å²) >= 11 is 0. The molecule has 0 saturated carbocycles. The van der Waals surface area contributed by atoms with E-state index in [1.165, 1.54) is 19.2 Å². The summed E-state index contributed by atoms with van der Waals surface area (Å²) in [7, 11) is 1.52. The molecule has 0 atom stereocenters. The van der Waals surface area contributed by atoms with E-state index in [2.05, 4.69) is 30.4 Å². The largest absolute Gasteiger partial charge is 0.495 e. The van der Waals surface area contributed by atoms with Gasteiger partial charge in [0.25, 0.3) is 5.69 Å². The highest BCUT2D eigenvalue weighted by Crippen LogP contribution is 2.37. The number of aromatic nitrogens is 2. The lowest BCUT2D eigenvalue weighted by molar-refractivity contribution is -0.384. The molecule has 0 fully saturated rings. The maximum absolute atomic E-state index is 11.5. The van der Waals surface area contributed by atoms with Gasteiger partial charge in [0, 0.05) is 24.1 Å². The fraction of sp³-hybridized carbons (Fsp3) is 0.143. The summed E-state index contributed by atoms with van der Waals surface area (Å²) in [5.74, 6) is 1.14. The summed E-state index contributed by atoms with van der Waals surface area (Å²) in [6.07, 6.45) is 0.551. The van der Waals surface area contributed by atoms with Gasteiger partial charge in [-0.1, -0.05) is 36.4 Å².